The lowest BCUT2D eigenvalue weighted by Crippen LogP contribution is -2.30. The molecule has 2 rings (SSSR count). The first-order valence-electron chi connectivity index (χ1n) is 7.75. The lowest BCUT2D eigenvalue weighted by Gasteiger charge is -2.27. The number of benzene rings is 1. The molecule has 1 saturated heterocycles. The average molecular weight is 344 g/mol. The molecule has 1 aliphatic rings. The van der Waals surface area contributed by atoms with Gasteiger partial charge >= 0.3 is 6.16 Å². The molecule has 0 aliphatic carbocycles. The summed E-state index contributed by atoms with van der Waals surface area (Å²) in [5, 5.41) is 22.2. The number of halogens is 1. The van der Waals surface area contributed by atoms with E-state index in [2.05, 4.69) is 10.1 Å². The summed E-state index contributed by atoms with van der Waals surface area (Å²) in [6.07, 6.45) is 0.523. The molecule has 6 heteroatoms. The van der Waals surface area contributed by atoms with Crippen molar-refractivity contribution in [2.75, 3.05) is 13.1 Å². The first kappa shape index (κ1) is 19.7. The summed E-state index contributed by atoms with van der Waals surface area (Å²) in [6, 6.07) is 7.49. The van der Waals surface area contributed by atoms with Gasteiger partial charge < -0.3 is 20.3 Å². The molecule has 1 atom stereocenters. The van der Waals surface area contributed by atoms with Gasteiger partial charge in [-0.15, -0.1) is 0 Å². The van der Waals surface area contributed by atoms with E-state index >= 15 is 0 Å². The number of aliphatic hydroxyl groups is 1. The molecule has 1 heterocycles. The highest BCUT2D eigenvalue weighted by Gasteiger charge is 2.22. The van der Waals surface area contributed by atoms with E-state index in [9.17, 15) is 9.90 Å². The number of aliphatic hydroxyl groups excluding tert-OH is 1. The number of hydrogen-bond donors (Lipinski definition) is 3. The lowest BCUT2D eigenvalue weighted by atomic mass is 9.88. The summed E-state index contributed by atoms with van der Waals surface area (Å²) < 4.78 is 4.35. The van der Waals surface area contributed by atoms with Gasteiger partial charge in [0.05, 0.1) is 6.10 Å². The van der Waals surface area contributed by atoms with E-state index in [0.29, 0.717) is 5.92 Å². The zero-order valence-electron chi connectivity index (χ0n) is 13.9. The van der Waals surface area contributed by atoms with Gasteiger partial charge in [-0.25, -0.2) is 4.79 Å². The van der Waals surface area contributed by atoms with Crippen LogP contribution >= 0.6 is 11.6 Å². The Morgan fingerprint density at radius 3 is 2.17 bits per heavy atom. The van der Waals surface area contributed by atoms with Gasteiger partial charge in [0, 0.05) is 5.02 Å². The van der Waals surface area contributed by atoms with Crippen molar-refractivity contribution in [2.45, 2.75) is 45.3 Å². The molecule has 1 fully saturated rings. The molecule has 0 saturated carbocycles. The predicted molar refractivity (Wildman–Crippen MR) is 90.9 cm³/mol. The second-order valence-corrected chi connectivity index (χ2v) is 7.00. The third-order valence-electron chi connectivity index (χ3n) is 3.44. The Balaban J connectivity index is 0.000000284. The Morgan fingerprint density at radius 1 is 1.26 bits per heavy atom. The molecule has 130 valence electrons. The van der Waals surface area contributed by atoms with Crippen LogP contribution in [0.3, 0.4) is 0 Å². The van der Waals surface area contributed by atoms with Crippen LogP contribution in [0, 0.1) is 5.92 Å². The molecule has 3 N–H and O–H groups in total. The number of carboxylic acid groups (broad SMARTS) is 1. The highest BCUT2D eigenvalue weighted by molar-refractivity contribution is 6.30. The minimum absolute atomic E-state index is 0.343. The maximum absolute atomic E-state index is 10.2. The normalized spacial score (nSPS) is 16.9. The number of ether oxygens (including phenoxy) is 1. The zero-order chi connectivity index (χ0) is 17.5. The van der Waals surface area contributed by atoms with Crippen molar-refractivity contribution >= 4 is 17.8 Å². The fourth-order valence-corrected chi connectivity index (χ4v) is 2.48. The second kappa shape index (κ2) is 9.11. The summed E-state index contributed by atoms with van der Waals surface area (Å²) in [7, 11) is 0. The van der Waals surface area contributed by atoms with Crippen molar-refractivity contribution in [3.63, 3.8) is 0 Å². The average Bonchev–Trinajstić information content (AvgIpc) is 2.46. The minimum Gasteiger partial charge on any atom is -0.450 e. The maximum atomic E-state index is 10.2. The Labute approximate surface area is 142 Å². The van der Waals surface area contributed by atoms with Crippen LogP contribution in [0.25, 0.3) is 0 Å². The molecular weight excluding hydrogens is 318 g/mol. The molecule has 1 aromatic carbocycles. The molecule has 23 heavy (non-hydrogen) atoms. The summed E-state index contributed by atoms with van der Waals surface area (Å²) >= 11 is 5.81. The van der Waals surface area contributed by atoms with Crippen LogP contribution in [0.5, 0.6) is 0 Å². The Kier molecular flexibility index (Phi) is 7.82. The Hall–Kier alpha value is -1.30. The molecule has 0 spiro atoms. The zero-order valence-corrected chi connectivity index (χ0v) is 14.6. The molecule has 1 aliphatic heterocycles. The fraction of sp³-hybridized carbons (Fsp3) is 0.588. The van der Waals surface area contributed by atoms with Crippen LogP contribution in [-0.2, 0) is 4.74 Å². The molecule has 1 aromatic rings. The largest absolute Gasteiger partial charge is 0.506 e. The van der Waals surface area contributed by atoms with Crippen LogP contribution < -0.4 is 5.32 Å². The first-order chi connectivity index (χ1) is 10.7. The molecule has 0 radical (unpaired) electrons. The molecular formula is C17H26ClNO4. The summed E-state index contributed by atoms with van der Waals surface area (Å²) in [5.74, 6) is 0.382. The van der Waals surface area contributed by atoms with Gasteiger partial charge in [-0.05, 0) is 70.3 Å². The van der Waals surface area contributed by atoms with Gasteiger partial charge in [-0.3, -0.25) is 0 Å². The number of carbonyl (C=O) groups is 1. The minimum atomic E-state index is -1.22. The van der Waals surface area contributed by atoms with Crippen LogP contribution in [0.1, 0.15) is 45.3 Å². The summed E-state index contributed by atoms with van der Waals surface area (Å²) in [6.45, 7) is 7.06. The van der Waals surface area contributed by atoms with E-state index in [1.165, 1.54) is 0 Å². The summed E-state index contributed by atoms with van der Waals surface area (Å²) in [5.41, 5.74) is 0.401. The highest BCUT2D eigenvalue weighted by atomic mass is 35.5. The molecule has 1 unspecified atom stereocenters. The standard InChI is InChI=1S/C12H16ClNO.C5H10O3/c13-11-3-1-9(2-4-11)12(15)10-5-7-14-8-6-10;1-5(2,3)8-4(6)7/h1-4,10,12,14-15H,5-8H2;1-3H3,(H,6,7). The van der Waals surface area contributed by atoms with Crippen molar-refractivity contribution in [2.24, 2.45) is 5.92 Å². The van der Waals surface area contributed by atoms with E-state index in [0.717, 1.165) is 36.5 Å². The van der Waals surface area contributed by atoms with Crippen molar-refractivity contribution in [1.82, 2.24) is 5.32 Å². The fourth-order valence-electron chi connectivity index (χ4n) is 2.35. The van der Waals surface area contributed by atoms with Crippen LogP contribution in [0.2, 0.25) is 5.02 Å². The SMILES string of the molecule is CC(C)(C)OC(=O)O.OC(c1ccc(Cl)cc1)C1CCNCC1. The molecule has 0 bridgehead atoms. The third kappa shape index (κ3) is 8.21. The number of nitrogens with one attached hydrogen (secondary N) is 1. The van der Waals surface area contributed by atoms with Gasteiger partial charge in [0.25, 0.3) is 0 Å². The number of rotatable bonds is 2. The van der Waals surface area contributed by atoms with Gasteiger partial charge in [-0.1, -0.05) is 23.7 Å². The maximum Gasteiger partial charge on any atom is 0.506 e. The second-order valence-electron chi connectivity index (χ2n) is 6.56. The Bertz CT molecular complexity index is 478. The van der Waals surface area contributed by atoms with E-state index in [-0.39, 0.29) is 6.10 Å². The van der Waals surface area contributed by atoms with Crippen molar-refractivity contribution in [3.8, 4) is 0 Å². The van der Waals surface area contributed by atoms with Crippen LogP contribution in [0.15, 0.2) is 24.3 Å². The first-order valence-corrected chi connectivity index (χ1v) is 8.13. The quantitative estimate of drug-likeness (QED) is 0.711. The molecule has 0 aromatic heterocycles. The highest BCUT2D eigenvalue weighted by Crippen LogP contribution is 2.29. The topological polar surface area (TPSA) is 78.8 Å². The van der Waals surface area contributed by atoms with Crippen molar-refractivity contribution < 1.29 is 19.7 Å². The van der Waals surface area contributed by atoms with Crippen molar-refractivity contribution in [3.05, 3.63) is 34.9 Å². The molecule has 5 nitrogen and oxygen atoms in total. The number of hydrogen-bond acceptors (Lipinski definition) is 4. The van der Waals surface area contributed by atoms with Gasteiger partial charge in [0.2, 0.25) is 0 Å². The Morgan fingerprint density at radius 2 is 1.78 bits per heavy atom. The van der Waals surface area contributed by atoms with E-state index in [1.54, 1.807) is 20.8 Å². The smallest absolute Gasteiger partial charge is 0.450 e. The van der Waals surface area contributed by atoms with Gasteiger partial charge in [0.15, 0.2) is 0 Å². The van der Waals surface area contributed by atoms with E-state index in [4.69, 9.17) is 16.7 Å². The molecule has 0 amide bonds. The predicted octanol–water partition coefficient (Wildman–Crippen LogP) is 3.85. The van der Waals surface area contributed by atoms with Crippen molar-refractivity contribution in [1.29, 1.82) is 0 Å². The monoisotopic (exact) mass is 343 g/mol. The van der Waals surface area contributed by atoms with E-state index in [1.807, 2.05) is 24.3 Å². The van der Waals surface area contributed by atoms with Gasteiger partial charge in [-0.2, -0.15) is 0 Å². The third-order valence-corrected chi connectivity index (χ3v) is 3.69. The van der Waals surface area contributed by atoms with E-state index < -0.39 is 11.8 Å². The summed E-state index contributed by atoms with van der Waals surface area (Å²) in [4.78, 5) is 9.79. The van der Waals surface area contributed by atoms with Crippen LogP contribution in [-0.4, -0.2) is 35.1 Å². The van der Waals surface area contributed by atoms with Gasteiger partial charge in [0.1, 0.15) is 5.60 Å². The lowest BCUT2D eigenvalue weighted by molar-refractivity contribution is 0.0150. The number of piperidine rings is 1. The van der Waals surface area contributed by atoms with Crippen LogP contribution in [0.4, 0.5) is 4.79 Å².